The van der Waals surface area contributed by atoms with E-state index in [1.807, 2.05) is 61.5 Å². The van der Waals surface area contributed by atoms with Crippen molar-refractivity contribution in [2.45, 2.75) is 44.0 Å². The molecule has 0 bridgehead atoms. The first-order chi connectivity index (χ1) is 11.5. The van der Waals surface area contributed by atoms with E-state index in [1.54, 1.807) is 12.1 Å². The van der Waals surface area contributed by atoms with E-state index in [1.165, 1.54) is 0 Å². The van der Waals surface area contributed by atoms with Crippen molar-refractivity contribution < 1.29 is 8.42 Å². The summed E-state index contributed by atoms with van der Waals surface area (Å²) in [6.45, 7) is 4.04. The quantitative estimate of drug-likeness (QED) is 0.764. The highest BCUT2D eigenvalue weighted by Gasteiger charge is 2.18. The van der Waals surface area contributed by atoms with Crippen molar-refractivity contribution in [1.82, 2.24) is 4.72 Å². The van der Waals surface area contributed by atoms with Crippen LogP contribution in [0.2, 0.25) is 0 Å². The van der Waals surface area contributed by atoms with Crippen LogP contribution in [0.1, 0.15) is 37.3 Å². The summed E-state index contributed by atoms with van der Waals surface area (Å²) in [6, 6.07) is 16.6. The van der Waals surface area contributed by atoms with Crippen LogP contribution in [-0.4, -0.2) is 14.5 Å². The van der Waals surface area contributed by atoms with Crippen LogP contribution in [0.5, 0.6) is 0 Å². The minimum atomic E-state index is -3.51. The van der Waals surface area contributed by atoms with Crippen LogP contribution in [0.25, 0.3) is 6.08 Å². The molecular weight excluding hydrogens is 318 g/mol. The lowest BCUT2D eigenvalue weighted by atomic mass is 10.1. The van der Waals surface area contributed by atoms with E-state index < -0.39 is 10.0 Å². The largest absolute Gasteiger partial charge is 0.241 e. The van der Waals surface area contributed by atoms with Gasteiger partial charge in [0.1, 0.15) is 0 Å². The number of aryl methyl sites for hydroxylation is 1. The van der Waals surface area contributed by atoms with E-state index >= 15 is 0 Å². The lowest BCUT2D eigenvalue weighted by Gasteiger charge is -2.15. The zero-order valence-electron chi connectivity index (χ0n) is 14.3. The normalized spacial score (nSPS) is 13.2. The average molecular weight is 343 g/mol. The van der Waals surface area contributed by atoms with Crippen LogP contribution < -0.4 is 4.72 Å². The van der Waals surface area contributed by atoms with Gasteiger partial charge in [-0.1, -0.05) is 79.9 Å². The van der Waals surface area contributed by atoms with Gasteiger partial charge in [-0.3, -0.25) is 0 Å². The molecule has 0 radical (unpaired) electrons. The predicted octanol–water partition coefficient (Wildman–Crippen LogP) is 4.55. The van der Waals surface area contributed by atoms with Crippen LogP contribution in [0.4, 0.5) is 0 Å². The Morgan fingerprint density at radius 2 is 1.71 bits per heavy atom. The molecule has 0 unspecified atom stereocenters. The topological polar surface area (TPSA) is 46.2 Å². The Labute approximate surface area is 145 Å². The highest BCUT2D eigenvalue weighted by Crippen LogP contribution is 2.13. The molecule has 1 atom stereocenters. The molecule has 0 amide bonds. The molecule has 0 heterocycles. The predicted molar refractivity (Wildman–Crippen MR) is 100 cm³/mol. The maximum atomic E-state index is 12.6. The molecule has 0 aromatic heterocycles. The second-order valence-corrected chi connectivity index (χ2v) is 7.67. The van der Waals surface area contributed by atoms with Gasteiger partial charge in [0.05, 0.1) is 4.90 Å². The lowest BCUT2D eigenvalue weighted by molar-refractivity contribution is 0.554. The van der Waals surface area contributed by atoms with Crippen LogP contribution in [0.15, 0.2) is 65.6 Å². The first kappa shape index (κ1) is 18.4. The van der Waals surface area contributed by atoms with Gasteiger partial charge in [0.25, 0.3) is 0 Å². The Hall–Kier alpha value is -1.91. The molecule has 0 spiro atoms. The summed E-state index contributed by atoms with van der Waals surface area (Å²) in [6.07, 6.45) is 6.70. The third kappa shape index (κ3) is 5.62. The maximum Gasteiger partial charge on any atom is 0.241 e. The first-order valence-electron chi connectivity index (χ1n) is 8.33. The SMILES string of the molecule is CCCC[C@@H](/C=C/c1ccccc1)NS(=O)(=O)c1ccc(C)cc1. The fraction of sp³-hybridized carbons (Fsp3) is 0.300. The van der Waals surface area contributed by atoms with Crippen molar-refractivity contribution in [1.29, 1.82) is 0 Å². The minimum Gasteiger partial charge on any atom is -0.207 e. The summed E-state index contributed by atoms with van der Waals surface area (Å²) in [5.41, 5.74) is 2.11. The van der Waals surface area contributed by atoms with Gasteiger partial charge < -0.3 is 0 Å². The van der Waals surface area contributed by atoms with Gasteiger partial charge in [0.2, 0.25) is 10.0 Å². The third-order valence-corrected chi connectivity index (χ3v) is 5.33. The van der Waals surface area contributed by atoms with Gasteiger partial charge in [0.15, 0.2) is 0 Å². The Balaban J connectivity index is 2.15. The minimum absolute atomic E-state index is 0.212. The van der Waals surface area contributed by atoms with Crippen molar-refractivity contribution in [3.63, 3.8) is 0 Å². The number of hydrogen-bond donors (Lipinski definition) is 1. The summed E-state index contributed by atoms with van der Waals surface area (Å²) in [5.74, 6) is 0. The van der Waals surface area contributed by atoms with Crippen LogP contribution >= 0.6 is 0 Å². The molecule has 0 saturated carbocycles. The average Bonchev–Trinajstić information content (AvgIpc) is 2.58. The molecular formula is C20H25NO2S. The molecule has 2 rings (SSSR count). The van der Waals surface area contributed by atoms with Gasteiger partial charge in [-0.15, -0.1) is 0 Å². The van der Waals surface area contributed by atoms with Crippen molar-refractivity contribution in [2.24, 2.45) is 0 Å². The number of unbranched alkanes of at least 4 members (excludes halogenated alkanes) is 1. The highest BCUT2D eigenvalue weighted by molar-refractivity contribution is 7.89. The summed E-state index contributed by atoms with van der Waals surface area (Å²) in [4.78, 5) is 0.308. The second-order valence-electron chi connectivity index (χ2n) is 5.95. The second kappa shape index (κ2) is 8.81. The zero-order valence-corrected chi connectivity index (χ0v) is 15.1. The number of nitrogens with one attached hydrogen (secondary N) is 1. The van der Waals surface area contributed by atoms with E-state index in [0.717, 1.165) is 30.4 Å². The summed E-state index contributed by atoms with van der Waals surface area (Å²) >= 11 is 0. The monoisotopic (exact) mass is 343 g/mol. The van der Waals surface area contributed by atoms with Gasteiger partial charge in [-0.25, -0.2) is 13.1 Å². The van der Waals surface area contributed by atoms with Crippen LogP contribution in [-0.2, 0) is 10.0 Å². The molecule has 0 fully saturated rings. The van der Waals surface area contributed by atoms with E-state index in [2.05, 4.69) is 11.6 Å². The summed E-state index contributed by atoms with van der Waals surface area (Å²) in [5, 5.41) is 0. The Morgan fingerprint density at radius 1 is 1.04 bits per heavy atom. The molecule has 3 nitrogen and oxygen atoms in total. The molecule has 2 aromatic rings. The lowest BCUT2D eigenvalue weighted by Crippen LogP contribution is -2.33. The molecule has 0 saturated heterocycles. The van der Waals surface area contributed by atoms with Crippen LogP contribution in [0, 0.1) is 6.92 Å². The molecule has 0 aliphatic rings. The summed E-state index contributed by atoms with van der Waals surface area (Å²) < 4.78 is 28.0. The molecule has 0 aliphatic carbocycles. The maximum absolute atomic E-state index is 12.6. The Kier molecular flexibility index (Phi) is 6.76. The number of hydrogen-bond acceptors (Lipinski definition) is 2. The van der Waals surface area contributed by atoms with Gasteiger partial charge in [0, 0.05) is 6.04 Å². The highest BCUT2D eigenvalue weighted by atomic mass is 32.2. The van der Waals surface area contributed by atoms with Crippen LogP contribution in [0.3, 0.4) is 0 Å². The number of rotatable bonds is 8. The molecule has 2 aromatic carbocycles. The number of sulfonamides is 1. The van der Waals surface area contributed by atoms with E-state index in [9.17, 15) is 8.42 Å². The van der Waals surface area contributed by atoms with Crippen molar-refractivity contribution in [3.8, 4) is 0 Å². The molecule has 0 aliphatic heterocycles. The van der Waals surface area contributed by atoms with Crippen molar-refractivity contribution in [3.05, 3.63) is 71.8 Å². The smallest absolute Gasteiger partial charge is 0.207 e. The van der Waals surface area contributed by atoms with Gasteiger partial charge >= 0.3 is 0 Å². The van der Waals surface area contributed by atoms with Crippen molar-refractivity contribution in [2.75, 3.05) is 0 Å². The Morgan fingerprint density at radius 3 is 2.33 bits per heavy atom. The van der Waals surface area contributed by atoms with Gasteiger partial charge in [-0.2, -0.15) is 0 Å². The van der Waals surface area contributed by atoms with Crippen molar-refractivity contribution >= 4 is 16.1 Å². The molecule has 4 heteroatoms. The summed E-state index contributed by atoms with van der Waals surface area (Å²) in [7, 11) is -3.51. The van der Waals surface area contributed by atoms with Gasteiger partial charge in [-0.05, 0) is 31.0 Å². The molecule has 128 valence electrons. The van der Waals surface area contributed by atoms with E-state index in [4.69, 9.17) is 0 Å². The molecule has 24 heavy (non-hydrogen) atoms. The molecule has 1 N–H and O–H groups in total. The Bertz CT molecular complexity index is 750. The van der Waals surface area contributed by atoms with E-state index in [0.29, 0.717) is 4.90 Å². The van der Waals surface area contributed by atoms with E-state index in [-0.39, 0.29) is 6.04 Å². The zero-order chi connectivity index (χ0) is 17.4. The standard InChI is InChI=1S/C20H25NO2S/c1-3-4-10-19(14-13-18-8-6-5-7-9-18)21-24(22,23)20-15-11-17(2)12-16-20/h5-9,11-16,19,21H,3-4,10H2,1-2H3/b14-13+/t19-/m0/s1. The first-order valence-corrected chi connectivity index (χ1v) is 9.82. The fourth-order valence-electron chi connectivity index (χ4n) is 2.39. The fourth-order valence-corrected chi connectivity index (χ4v) is 3.62. The third-order valence-electron chi connectivity index (χ3n) is 3.83. The number of benzene rings is 2.